The second-order valence-electron chi connectivity index (χ2n) is 10.5. The monoisotopic (exact) mass is 579 g/mol. The SMILES string of the molecule is CCC(C)NC(=O)C(C)N(Cc1ccc(OC)cc1)C(=O)CN(c1cc(C)cc(C)c1)S(=O)(=O)c1ccc(C)cc1. The third-order valence-corrected chi connectivity index (χ3v) is 8.85. The Kier molecular flexibility index (Phi) is 10.6. The zero-order valence-corrected chi connectivity index (χ0v) is 25.8. The van der Waals surface area contributed by atoms with Gasteiger partial charge in [-0.3, -0.25) is 13.9 Å². The van der Waals surface area contributed by atoms with Gasteiger partial charge in [-0.05, 0) is 94.1 Å². The van der Waals surface area contributed by atoms with Crippen LogP contribution in [0.1, 0.15) is 49.4 Å². The summed E-state index contributed by atoms with van der Waals surface area (Å²) in [5.74, 6) is -0.137. The highest BCUT2D eigenvalue weighted by Gasteiger charge is 2.33. The van der Waals surface area contributed by atoms with Crippen LogP contribution in [0.5, 0.6) is 5.75 Å². The number of nitrogens with zero attached hydrogens (tertiary/aromatic N) is 2. The molecule has 3 aromatic rings. The zero-order valence-electron chi connectivity index (χ0n) is 25.0. The summed E-state index contributed by atoms with van der Waals surface area (Å²) >= 11 is 0. The van der Waals surface area contributed by atoms with E-state index in [1.807, 2.05) is 52.8 Å². The van der Waals surface area contributed by atoms with Crippen LogP contribution in [0.15, 0.2) is 71.6 Å². The third kappa shape index (κ3) is 8.10. The van der Waals surface area contributed by atoms with Crippen LogP contribution in [0.3, 0.4) is 0 Å². The minimum absolute atomic E-state index is 0.0726. The topological polar surface area (TPSA) is 96.0 Å². The molecule has 0 aliphatic rings. The highest BCUT2D eigenvalue weighted by Crippen LogP contribution is 2.27. The van der Waals surface area contributed by atoms with Gasteiger partial charge in [-0.15, -0.1) is 0 Å². The number of aryl methyl sites for hydroxylation is 3. The van der Waals surface area contributed by atoms with Crippen molar-refractivity contribution in [2.24, 2.45) is 0 Å². The molecule has 220 valence electrons. The van der Waals surface area contributed by atoms with Crippen molar-refractivity contribution in [1.29, 1.82) is 0 Å². The Morgan fingerprint density at radius 2 is 1.46 bits per heavy atom. The Morgan fingerprint density at radius 3 is 2.00 bits per heavy atom. The second-order valence-corrected chi connectivity index (χ2v) is 12.4. The molecule has 0 saturated heterocycles. The lowest BCUT2D eigenvalue weighted by Gasteiger charge is -2.32. The molecule has 0 bridgehead atoms. The number of benzene rings is 3. The first-order valence-electron chi connectivity index (χ1n) is 13.8. The Labute approximate surface area is 244 Å². The predicted molar refractivity (Wildman–Crippen MR) is 163 cm³/mol. The van der Waals surface area contributed by atoms with Crippen LogP contribution >= 0.6 is 0 Å². The van der Waals surface area contributed by atoms with E-state index in [0.717, 1.165) is 33.0 Å². The smallest absolute Gasteiger partial charge is 0.264 e. The van der Waals surface area contributed by atoms with E-state index in [2.05, 4.69) is 5.32 Å². The molecule has 9 heteroatoms. The molecule has 2 amide bonds. The number of hydrogen-bond donors (Lipinski definition) is 1. The summed E-state index contributed by atoms with van der Waals surface area (Å²) in [5, 5.41) is 2.95. The van der Waals surface area contributed by atoms with Gasteiger partial charge in [0, 0.05) is 12.6 Å². The number of methoxy groups -OCH3 is 1. The van der Waals surface area contributed by atoms with Crippen molar-refractivity contribution in [3.8, 4) is 5.75 Å². The average molecular weight is 580 g/mol. The highest BCUT2D eigenvalue weighted by molar-refractivity contribution is 7.92. The molecule has 0 saturated carbocycles. The highest BCUT2D eigenvalue weighted by atomic mass is 32.2. The first kappa shape index (κ1) is 31.7. The van der Waals surface area contributed by atoms with E-state index in [9.17, 15) is 18.0 Å². The normalized spacial score (nSPS) is 12.8. The lowest BCUT2D eigenvalue weighted by Crippen LogP contribution is -2.52. The van der Waals surface area contributed by atoms with Crippen molar-refractivity contribution >= 4 is 27.5 Å². The van der Waals surface area contributed by atoms with Crippen LogP contribution in [0.4, 0.5) is 5.69 Å². The molecule has 0 heterocycles. The second kappa shape index (κ2) is 13.7. The van der Waals surface area contributed by atoms with Crippen LogP contribution in [-0.4, -0.2) is 50.9 Å². The molecule has 0 radical (unpaired) electrons. The number of rotatable bonds is 12. The van der Waals surface area contributed by atoms with E-state index in [1.165, 1.54) is 4.90 Å². The number of sulfonamides is 1. The summed E-state index contributed by atoms with van der Waals surface area (Å²) in [6, 6.07) is 18.3. The fourth-order valence-corrected chi connectivity index (χ4v) is 5.83. The Balaban J connectivity index is 2.05. The maximum Gasteiger partial charge on any atom is 0.264 e. The van der Waals surface area contributed by atoms with E-state index in [1.54, 1.807) is 62.6 Å². The Hall–Kier alpha value is -3.85. The minimum Gasteiger partial charge on any atom is -0.497 e. The molecule has 41 heavy (non-hydrogen) atoms. The molecule has 2 atom stereocenters. The molecule has 0 aliphatic heterocycles. The number of anilines is 1. The fourth-order valence-electron chi connectivity index (χ4n) is 4.44. The van der Waals surface area contributed by atoms with E-state index < -0.39 is 28.5 Å². The molecular formula is C32H41N3O5S. The first-order chi connectivity index (χ1) is 19.3. The van der Waals surface area contributed by atoms with Crippen molar-refractivity contribution < 1.29 is 22.7 Å². The number of ether oxygens (including phenoxy) is 1. The largest absolute Gasteiger partial charge is 0.497 e. The van der Waals surface area contributed by atoms with Gasteiger partial charge in [0.15, 0.2) is 0 Å². The maximum absolute atomic E-state index is 14.1. The summed E-state index contributed by atoms with van der Waals surface area (Å²) in [6.45, 7) is 10.8. The van der Waals surface area contributed by atoms with Gasteiger partial charge in [0.1, 0.15) is 18.3 Å². The van der Waals surface area contributed by atoms with Crippen LogP contribution in [0.2, 0.25) is 0 Å². The Morgan fingerprint density at radius 1 is 0.878 bits per heavy atom. The van der Waals surface area contributed by atoms with E-state index >= 15 is 0 Å². The number of nitrogens with one attached hydrogen (secondary N) is 1. The molecular weight excluding hydrogens is 538 g/mol. The molecule has 3 rings (SSSR count). The fraction of sp³-hybridized carbons (Fsp3) is 0.375. The van der Waals surface area contributed by atoms with Crippen LogP contribution in [0.25, 0.3) is 0 Å². The number of amides is 2. The van der Waals surface area contributed by atoms with E-state index in [-0.39, 0.29) is 23.4 Å². The van der Waals surface area contributed by atoms with Gasteiger partial charge < -0.3 is 15.0 Å². The minimum atomic E-state index is -4.11. The summed E-state index contributed by atoms with van der Waals surface area (Å²) < 4.78 is 34.4. The summed E-state index contributed by atoms with van der Waals surface area (Å²) in [4.78, 5) is 28.8. The number of carbonyl (C=O) groups is 2. The lowest BCUT2D eigenvalue weighted by atomic mass is 10.1. The molecule has 0 spiro atoms. The maximum atomic E-state index is 14.1. The van der Waals surface area contributed by atoms with Gasteiger partial charge in [0.05, 0.1) is 17.7 Å². The summed E-state index contributed by atoms with van der Waals surface area (Å²) in [5.41, 5.74) is 3.82. The van der Waals surface area contributed by atoms with E-state index in [0.29, 0.717) is 11.4 Å². The standard InChI is InChI=1S/C32H41N3O5S/c1-8-25(5)33-32(37)26(6)34(20-27-11-13-29(40-7)14-12-27)31(36)21-35(28-18-23(3)17-24(4)19-28)41(38,39)30-15-9-22(2)10-16-30/h9-19,25-26H,8,20-21H2,1-7H3,(H,33,37). The lowest BCUT2D eigenvalue weighted by molar-refractivity contribution is -0.139. The van der Waals surface area contributed by atoms with Crippen molar-refractivity contribution in [2.45, 2.75) is 71.5 Å². The van der Waals surface area contributed by atoms with Crippen LogP contribution < -0.4 is 14.4 Å². The van der Waals surface area contributed by atoms with Gasteiger partial charge in [-0.25, -0.2) is 8.42 Å². The number of hydrogen-bond acceptors (Lipinski definition) is 5. The molecule has 2 unspecified atom stereocenters. The summed E-state index contributed by atoms with van der Waals surface area (Å²) in [6.07, 6.45) is 0.736. The van der Waals surface area contributed by atoms with Gasteiger partial charge >= 0.3 is 0 Å². The van der Waals surface area contributed by atoms with Crippen LogP contribution in [-0.2, 0) is 26.2 Å². The van der Waals surface area contributed by atoms with Crippen molar-refractivity contribution in [3.05, 3.63) is 89.0 Å². The first-order valence-corrected chi connectivity index (χ1v) is 15.2. The summed E-state index contributed by atoms with van der Waals surface area (Å²) in [7, 11) is -2.54. The number of carbonyl (C=O) groups excluding carboxylic acids is 2. The molecule has 3 aromatic carbocycles. The quantitative estimate of drug-likeness (QED) is 0.320. The molecule has 0 aliphatic carbocycles. The van der Waals surface area contributed by atoms with Gasteiger partial charge in [-0.1, -0.05) is 42.8 Å². The van der Waals surface area contributed by atoms with E-state index in [4.69, 9.17) is 4.74 Å². The molecule has 1 N–H and O–H groups in total. The van der Waals surface area contributed by atoms with Crippen molar-refractivity contribution in [3.63, 3.8) is 0 Å². The molecule has 0 aromatic heterocycles. The molecule has 0 fully saturated rings. The zero-order chi connectivity index (χ0) is 30.3. The average Bonchev–Trinajstić information content (AvgIpc) is 2.93. The third-order valence-electron chi connectivity index (χ3n) is 7.06. The van der Waals surface area contributed by atoms with Crippen molar-refractivity contribution in [1.82, 2.24) is 10.2 Å². The van der Waals surface area contributed by atoms with Crippen molar-refractivity contribution in [2.75, 3.05) is 18.0 Å². The molecule has 8 nitrogen and oxygen atoms in total. The van der Waals surface area contributed by atoms with Gasteiger partial charge in [-0.2, -0.15) is 0 Å². The Bertz CT molecular complexity index is 1430. The van der Waals surface area contributed by atoms with Gasteiger partial charge in [0.25, 0.3) is 10.0 Å². The van der Waals surface area contributed by atoms with Crippen LogP contribution in [0, 0.1) is 20.8 Å². The van der Waals surface area contributed by atoms with Gasteiger partial charge in [0.2, 0.25) is 11.8 Å². The predicted octanol–water partition coefficient (Wildman–Crippen LogP) is 5.15.